The van der Waals surface area contributed by atoms with E-state index >= 15 is 0 Å². The summed E-state index contributed by atoms with van der Waals surface area (Å²) in [5.41, 5.74) is 7.21. The highest BCUT2D eigenvalue weighted by Gasteiger charge is 2.13. The Balaban J connectivity index is 2.92. The molecule has 0 unspecified atom stereocenters. The Kier molecular flexibility index (Phi) is 4.61. The number of hydrogen-bond acceptors (Lipinski definition) is 2. The van der Waals surface area contributed by atoms with Crippen LogP contribution in [0, 0.1) is 5.92 Å². The summed E-state index contributed by atoms with van der Waals surface area (Å²) in [4.78, 5) is 0. The number of nitrogens with two attached hydrogens (primary N) is 1. The molecule has 0 saturated carbocycles. The molecule has 0 fully saturated rings. The fourth-order valence-electron chi connectivity index (χ4n) is 1.63. The number of methoxy groups -OCH3 is 1. The molecule has 84 valence electrons. The minimum atomic E-state index is 0.0491. The van der Waals surface area contributed by atoms with Crippen molar-refractivity contribution in [1.29, 1.82) is 0 Å². The highest BCUT2D eigenvalue weighted by atomic mass is 79.9. The van der Waals surface area contributed by atoms with E-state index in [0.717, 1.165) is 22.2 Å². The molecular formula is C12H18BrNO. The molecule has 0 aliphatic carbocycles. The number of benzene rings is 1. The standard InChI is InChI=1S/C12H18BrNO/c1-8(2)6-11(14)10-5-4-9(13)7-12(10)15-3/h4-5,7-8,11H,6,14H2,1-3H3/t11-/m1/s1. The van der Waals surface area contributed by atoms with Crippen molar-refractivity contribution < 1.29 is 4.74 Å². The zero-order valence-electron chi connectivity index (χ0n) is 9.46. The van der Waals surface area contributed by atoms with Gasteiger partial charge in [-0.2, -0.15) is 0 Å². The second-order valence-electron chi connectivity index (χ2n) is 4.12. The summed E-state index contributed by atoms with van der Waals surface area (Å²) in [5.74, 6) is 1.45. The molecule has 0 spiro atoms. The maximum atomic E-state index is 6.13. The van der Waals surface area contributed by atoms with Crippen molar-refractivity contribution in [1.82, 2.24) is 0 Å². The summed E-state index contributed by atoms with van der Waals surface area (Å²) in [5, 5.41) is 0. The van der Waals surface area contributed by atoms with Crippen LogP contribution in [0.25, 0.3) is 0 Å². The largest absolute Gasteiger partial charge is 0.496 e. The van der Waals surface area contributed by atoms with Crippen molar-refractivity contribution in [2.45, 2.75) is 26.3 Å². The van der Waals surface area contributed by atoms with Crippen molar-refractivity contribution in [3.8, 4) is 5.75 Å². The van der Waals surface area contributed by atoms with Crippen LogP contribution in [0.15, 0.2) is 22.7 Å². The maximum absolute atomic E-state index is 6.13. The SMILES string of the molecule is COc1cc(Br)ccc1[C@H](N)CC(C)C. The molecule has 2 nitrogen and oxygen atoms in total. The Labute approximate surface area is 99.9 Å². The van der Waals surface area contributed by atoms with E-state index < -0.39 is 0 Å². The smallest absolute Gasteiger partial charge is 0.124 e. The van der Waals surface area contributed by atoms with Gasteiger partial charge in [-0.1, -0.05) is 35.8 Å². The summed E-state index contributed by atoms with van der Waals surface area (Å²) >= 11 is 3.42. The van der Waals surface area contributed by atoms with E-state index in [1.54, 1.807) is 7.11 Å². The molecule has 0 amide bonds. The van der Waals surface area contributed by atoms with Crippen LogP contribution in [-0.4, -0.2) is 7.11 Å². The lowest BCUT2D eigenvalue weighted by molar-refractivity contribution is 0.399. The molecule has 1 rings (SSSR count). The average molecular weight is 272 g/mol. The maximum Gasteiger partial charge on any atom is 0.124 e. The Morgan fingerprint density at radius 2 is 2.07 bits per heavy atom. The number of rotatable bonds is 4. The van der Waals surface area contributed by atoms with Gasteiger partial charge in [-0.15, -0.1) is 0 Å². The molecule has 1 aromatic rings. The first-order chi connectivity index (χ1) is 7.04. The van der Waals surface area contributed by atoms with Crippen molar-refractivity contribution in [2.75, 3.05) is 7.11 Å². The zero-order chi connectivity index (χ0) is 11.4. The van der Waals surface area contributed by atoms with E-state index in [4.69, 9.17) is 10.5 Å². The molecule has 0 aliphatic rings. The van der Waals surface area contributed by atoms with E-state index in [2.05, 4.69) is 29.8 Å². The molecule has 0 heterocycles. The average Bonchev–Trinajstić information content (AvgIpc) is 2.16. The van der Waals surface area contributed by atoms with Crippen LogP contribution in [0.4, 0.5) is 0 Å². The Morgan fingerprint density at radius 1 is 1.40 bits per heavy atom. The van der Waals surface area contributed by atoms with Gasteiger partial charge in [0.15, 0.2) is 0 Å². The summed E-state index contributed by atoms with van der Waals surface area (Å²) in [6, 6.07) is 6.02. The van der Waals surface area contributed by atoms with Crippen LogP contribution in [-0.2, 0) is 0 Å². The highest BCUT2D eigenvalue weighted by Crippen LogP contribution is 2.30. The first-order valence-electron chi connectivity index (χ1n) is 5.13. The van der Waals surface area contributed by atoms with Gasteiger partial charge in [-0.05, 0) is 24.5 Å². The fraction of sp³-hybridized carbons (Fsp3) is 0.500. The van der Waals surface area contributed by atoms with E-state index in [-0.39, 0.29) is 6.04 Å². The number of hydrogen-bond donors (Lipinski definition) is 1. The van der Waals surface area contributed by atoms with Crippen molar-refractivity contribution in [3.05, 3.63) is 28.2 Å². The minimum absolute atomic E-state index is 0.0491. The summed E-state index contributed by atoms with van der Waals surface area (Å²) in [6.07, 6.45) is 0.970. The molecular weight excluding hydrogens is 254 g/mol. The van der Waals surface area contributed by atoms with Crippen LogP contribution in [0.2, 0.25) is 0 Å². The van der Waals surface area contributed by atoms with E-state index in [1.165, 1.54) is 0 Å². The quantitative estimate of drug-likeness (QED) is 0.910. The van der Waals surface area contributed by atoms with Gasteiger partial charge in [0.2, 0.25) is 0 Å². The Hall–Kier alpha value is -0.540. The first kappa shape index (κ1) is 12.5. The Morgan fingerprint density at radius 3 is 2.60 bits per heavy atom. The molecule has 0 saturated heterocycles. The van der Waals surface area contributed by atoms with Gasteiger partial charge in [-0.25, -0.2) is 0 Å². The van der Waals surface area contributed by atoms with Gasteiger partial charge in [0.1, 0.15) is 5.75 Å². The third kappa shape index (κ3) is 3.50. The van der Waals surface area contributed by atoms with Crippen molar-refractivity contribution >= 4 is 15.9 Å². The van der Waals surface area contributed by atoms with Crippen LogP contribution < -0.4 is 10.5 Å². The minimum Gasteiger partial charge on any atom is -0.496 e. The third-order valence-electron chi connectivity index (χ3n) is 2.32. The Bertz CT molecular complexity index is 325. The predicted octanol–water partition coefficient (Wildman–Crippen LogP) is 3.50. The van der Waals surface area contributed by atoms with E-state index in [9.17, 15) is 0 Å². The van der Waals surface area contributed by atoms with Crippen molar-refractivity contribution in [2.24, 2.45) is 11.7 Å². The molecule has 1 atom stereocenters. The molecule has 0 bridgehead atoms. The lowest BCUT2D eigenvalue weighted by Crippen LogP contribution is -2.13. The number of halogens is 1. The van der Waals surface area contributed by atoms with E-state index in [0.29, 0.717) is 5.92 Å². The lowest BCUT2D eigenvalue weighted by atomic mass is 9.97. The summed E-state index contributed by atoms with van der Waals surface area (Å²) in [7, 11) is 1.67. The van der Waals surface area contributed by atoms with Crippen LogP contribution in [0.1, 0.15) is 31.9 Å². The first-order valence-corrected chi connectivity index (χ1v) is 5.93. The third-order valence-corrected chi connectivity index (χ3v) is 2.81. The lowest BCUT2D eigenvalue weighted by Gasteiger charge is -2.17. The zero-order valence-corrected chi connectivity index (χ0v) is 11.0. The molecule has 0 aromatic heterocycles. The van der Waals surface area contributed by atoms with Gasteiger partial charge < -0.3 is 10.5 Å². The van der Waals surface area contributed by atoms with E-state index in [1.807, 2.05) is 18.2 Å². The number of ether oxygens (including phenoxy) is 1. The van der Waals surface area contributed by atoms with Crippen molar-refractivity contribution in [3.63, 3.8) is 0 Å². The second-order valence-corrected chi connectivity index (χ2v) is 5.04. The van der Waals surface area contributed by atoms with Crippen LogP contribution >= 0.6 is 15.9 Å². The topological polar surface area (TPSA) is 35.2 Å². The normalized spacial score (nSPS) is 12.9. The van der Waals surface area contributed by atoms with Gasteiger partial charge in [0.05, 0.1) is 7.11 Å². The molecule has 2 N–H and O–H groups in total. The summed E-state index contributed by atoms with van der Waals surface area (Å²) in [6.45, 7) is 4.34. The van der Waals surface area contributed by atoms with Gasteiger partial charge in [0.25, 0.3) is 0 Å². The molecule has 0 aliphatic heterocycles. The highest BCUT2D eigenvalue weighted by molar-refractivity contribution is 9.10. The molecule has 0 radical (unpaired) electrons. The van der Waals surface area contributed by atoms with Gasteiger partial charge >= 0.3 is 0 Å². The van der Waals surface area contributed by atoms with Crippen LogP contribution in [0.5, 0.6) is 5.75 Å². The molecule has 1 aromatic carbocycles. The van der Waals surface area contributed by atoms with Crippen LogP contribution in [0.3, 0.4) is 0 Å². The van der Waals surface area contributed by atoms with Gasteiger partial charge in [0, 0.05) is 16.1 Å². The predicted molar refractivity (Wildman–Crippen MR) is 67.1 cm³/mol. The monoisotopic (exact) mass is 271 g/mol. The fourth-order valence-corrected chi connectivity index (χ4v) is 1.97. The van der Waals surface area contributed by atoms with Gasteiger partial charge in [-0.3, -0.25) is 0 Å². The molecule has 3 heteroatoms. The summed E-state index contributed by atoms with van der Waals surface area (Å²) < 4.78 is 6.33. The molecule has 15 heavy (non-hydrogen) atoms. The second kappa shape index (κ2) is 5.52.